The zero-order valence-electron chi connectivity index (χ0n) is 20.7. The van der Waals surface area contributed by atoms with E-state index >= 15 is 0 Å². The van der Waals surface area contributed by atoms with Crippen LogP contribution in [0.3, 0.4) is 0 Å². The molecule has 0 bridgehead atoms. The number of nitrogens with one attached hydrogen (secondary N) is 1. The van der Waals surface area contributed by atoms with Gasteiger partial charge in [0.2, 0.25) is 5.91 Å². The number of carbonyl (C=O) groups excluding carboxylic acids is 2. The number of benzene rings is 2. The SMILES string of the molecule is CCCCCCC1=C[C@@H]2C(CCCCC)OC(=O)[C@@H]2[C@H](C(=O)Nc2cccc3ccccc23)C1. The van der Waals surface area contributed by atoms with Crippen molar-refractivity contribution < 1.29 is 14.3 Å². The van der Waals surface area contributed by atoms with Gasteiger partial charge in [-0.1, -0.05) is 94.0 Å². The van der Waals surface area contributed by atoms with Crippen LogP contribution in [0.1, 0.15) is 78.1 Å². The second-order valence-electron chi connectivity index (χ2n) is 10.0. The number of fused-ring (bicyclic) bond motifs is 2. The summed E-state index contributed by atoms with van der Waals surface area (Å²) in [6, 6.07) is 14.0. The molecule has 1 amide bonds. The van der Waals surface area contributed by atoms with E-state index in [2.05, 4.69) is 25.2 Å². The lowest BCUT2D eigenvalue weighted by molar-refractivity contribution is -0.147. The molecule has 182 valence electrons. The number of rotatable bonds is 11. The van der Waals surface area contributed by atoms with E-state index in [0.717, 1.165) is 55.0 Å². The van der Waals surface area contributed by atoms with Gasteiger partial charge in [0.1, 0.15) is 6.10 Å². The molecule has 0 radical (unpaired) electrons. The normalized spacial score (nSPS) is 23.9. The van der Waals surface area contributed by atoms with E-state index < -0.39 is 0 Å². The van der Waals surface area contributed by atoms with Crippen molar-refractivity contribution in [2.75, 3.05) is 5.32 Å². The van der Waals surface area contributed by atoms with Crippen molar-refractivity contribution in [2.45, 2.75) is 84.2 Å². The second-order valence-corrected chi connectivity index (χ2v) is 10.0. The van der Waals surface area contributed by atoms with Crippen LogP contribution in [0.5, 0.6) is 0 Å². The molecule has 1 N–H and O–H groups in total. The predicted octanol–water partition coefficient (Wildman–Crippen LogP) is 7.43. The molecule has 0 saturated carbocycles. The molecule has 1 saturated heterocycles. The Morgan fingerprint density at radius 1 is 0.971 bits per heavy atom. The molecule has 1 unspecified atom stereocenters. The zero-order chi connectivity index (χ0) is 23.9. The van der Waals surface area contributed by atoms with Crippen LogP contribution in [0.2, 0.25) is 0 Å². The Bertz CT molecular complexity index is 1020. The molecular weight excluding hydrogens is 422 g/mol. The maximum Gasteiger partial charge on any atom is 0.310 e. The topological polar surface area (TPSA) is 55.4 Å². The average Bonchev–Trinajstić information content (AvgIpc) is 3.17. The van der Waals surface area contributed by atoms with Gasteiger partial charge in [0, 0.05) is 17.0 Å². The Kier molecular flexibility index (Phi) is 8.42. The van der Waals surface area contributed by atoms with Crippen molar-refractivity contribution in [1.82, 2.24) is 0 Å². The quantitative estimate of drug-likeness (QED) is 0.215. The minimum atomic E-state index is -0.376. The predicted molar refractivity (Wildman–Crippen MR) is 139 cm³/mol. The smallest absolute Gasteiger partial charge is 0.310 e. The van der Waals surface area contributed by atoms with Gasteiger partial charge < -0.3 is 10.1 Å². The van der Waals surface area contributed by atoms with Crippen molar-refractivity contribution in [3.8, 4) is 0 Å². The van der Waals surface area contributed by atoms with E-state index in [1.165, 1.54) is 24.8 Å². The average molecular weight is 462 g/mol. The third-order valence-electron chi connectivity index (χ3n) is 7.56. The lowest BCUT2D eigenvalue weighted by Gasteiger charge is -2.31. The molecule has 1 fully saturated rings. The van der Waals surface area contributed by atoms with Crippen molar-refractivity contribution >= 4 is 28.3 Å². The van der Waals surface area contributed by atoms with Gasteiger partial charge >= 0.3 is 5.97 Å². The number of unbranched alkanes of at least 4 members (excludes halogenated alkanes) is 5. The lowest BCUT2D eigenvalue weighted by atomic mass is 9.70. The largest absolute Gasteiger partial charge is 0.461 e. The van der Waals surface area contributed by atoms with Gasteiger partial charge in [-0.25, -0.2) is 0 Å². The summed E-state index contributed by atoms with van der Waals surface area (Å²) in [4.78, 5) is 26.6. The van der Waals surface area contributed by atoms with Crippen LogP contribution in [-0.2, 0) is 14.3 Å². The molecule has 4 heteroatoms. The molecule has 34 heavy (non-hydrogen) atoms. The van der Waals surface area contributed by atoms with Crippen molar-refractivity contribution in [1.29, 1.82) is 0 Å². The fraction of sp³-hybridized carbons (Fsp3) is 0.533. The lowest BCUT2D eigenvalue weighted by Crippen LogP contribution is -2.38. The van der Waals surface area contributed by atoms with Gasteiger partial charge in [0.15, 0.2) is 0 Å². The van der Waals surface area contributed by atoms with Gasteiger partial charge in [-0.05, 0) is 43.6 Å². The van der Waals surface area contributed by atoms with Gasteiger partial charge in [-0.15, -0.1) is 0 Å². The monoisotopic (exact) mass is 461 g/mol. The molecule has 1 heterocycles. The highest BCUT2D eigenvalue weighted by Crippen LogP contribution is 2.45. The Morgan fingerprint density at radius 2 is 1.74 bits per heavy atom. The van der Waals surface area contributed by atoms with E-state index in [0.29, 0.717) is 6.42 Å². The number of cyclic esters (lactones) is 1. The Balaban J connectivity index is 1.55. The van der Waals surface area contributed by atoms with E-state index in [9.17, 15) is 9.59 Å². The van der Waals surface area contributed by atoms with Crippen molar-refractivity contribution in [2.24, 2.45) is 17.8 Å². The molecule has 0 aromatic heterocycles. The van der Waals surface area contributed by atoms with Crippen LogP contribution >= 0.6 is 0 Å². The van der Waals surface area contributed by atoms with Crippen LogP contribution in [0.4, 0.5) is 5.69 Å². The van der Waals surface area contributed by atoms with Gasteiger partial charge in [0.05, 0.1) is 11.8 Å². The molecule has 4 rings (SSSR count). The van der Waals surface area contributed by atoms with Crippen LogP contribution in [0.15, 0.2) is 54.1 Å². The molecule has 1 aliphatic heterocycles. The van der Waals surface area contributed by atoms with Crippen LogP contribution in [0, 0.1) is 17.8 Å². The van der Waals surface area contributed by atoms with Crippen LogP contribution < -0.4 is 5.32 Å². The zero-order valence-corrected chi connectivity index (χ0v) is 20.7. The number of esters is 1. The number of carbonyl (C=O) groups is 2. The summed E-state index contributed by atoms with van der Waals surface area (Å²) in [6.45, 7) is 4.41. The van der Waals surface area contributed by atoms with Crippen LogP contribution in [-0.4, -0.2) is 18.0 Å². The highest BCUT2D eigenvalue weighted by atomic mass is 16.6. The third-order valence-corrected chi connectivity index (χ3v) is 7.56. The van der Waals surface area contributed by atoms with Crippen molar-refractivity contribution in [3.05, 3.63) is 54.1 Å². The molecule has 4 nitrogen and oxygen atoms in total. The number of amides is 1. The fourth-order valence-corrected chi connectivity index (χ4v) is 5.71. The summed E-state index contributed by atoms with van der Waals surface area (Å²) in [6.07, 6.45) is 12.9. The third kappa shape index (κ3) is 5.54. The fourth-order valence-electron chi connectivity index (χ4n) is 5.71. The van der Waals surface area contributed by atoms with Crippen LogP contribution in [0.25, 0.3) is 10.8 Å². The maximum absolute atomic E-state index is 13.6. The number of hydrogen-bond donors (Lipinski definition) is 1. The maximum atomic E-state index is 13.6. The Labute approximate surface area is 204 Å². The highest BCUT2D eigenvalue weighted by Gasteiger charge is 2.51. The number of ether oxygens (including phenoxy) is 1. The minimum Gasteiger partial charge on any atom is -0.461 e. The number of hydrogen-bond acceptors (Lipinski definition) is 3. The first-order valence-electron chi connectivity index (χ1n) is 13.3. The second kappa shape index (κ2) is 11.7. The number of anilines is 1. The van der Waals surface area contributed by atoms with Gasteiger partial charge in [0.25, 0.3) is 0 Å². The molecule has 1 aliphatic carbocycles. The Hall–Kier alpha value is -2.62. The summed E-state index contributed by atoms with van der Waals surface area (Å²) in [5.41, 5.74) is 2.14. The molecule has 4 atom stereocenters. The summed E-state index contributed by atoms with van der Waals surface area (Å²) >= 11 is 0. The summed E-state index contributed by atoms with van der Waals surface area (Å²) in [5.74, 6) is -0.982. The molecule has 2 aromatic carbocycles. The number of allylic oxidation sites excluding steroid dienone is 1. The molecule has 2 aliphatic rings. The van der Waals surface area contributed by atoms with E-state index in [1.807, 2.05) is 42.5 Å². The highest BCUT2D eigenvalue weighted by molar-refractivity contribution is 6.04. The summed E-state index contributed by atoms with van der Waals surface area (Å²) in [7, 11) is 0. The molecular formula is C30H39NO3. The standard InChI is InChI=1S/C30H39NO3/c1-3-5-7-9-13-21-19-24-27(18-8-6-4-2)34-30(33)28(24)25(20-21)29(32)31-26-17-12-15-22-14-10-11-16-23(22)26/h10-12,14-17,19,24-25,27-28H,3-9,13,18,20H2,1-2H3,(H,31,32)/t24-,25-,27?,28+/m1/s1. The van der Waals surface area contributed by atoms with E-state index in [4.69, 9.17) is 4.74 Å². The summed E-state index contributed by atoms with van der Waals surface area (Å²) < 4.78 is 5.88. The minimum absolute atomic E-state index is 0.0162. The molecule has 2 aromatic rings. The summed E-state index contributed by atoms with van der Waals surface area (Å²) in [5, 5.41) is 5.29. The first kappa shape index (κ1) is 24.5. The van der Waals surface area contributed by atoms with E-state index in [1.54, 1.807) is 0 Å². The first-order valence-corrected chi connectivity index (χ1v) is 13.3. The van der Waals surface area contributed by atoms with E-state index in [-0.39, 0.29) is 35.7 Å². The Morgan fingerprint density at radius 3 is 2.56 bits per heavy atom. The van der Waals surface area contributed by atoms with Gasteiger partial charge in [-0.2, -0.15) is 0 Å². The van der Waals surface area contributed by atoms with Crippen molar-refractivity contribution in [3.63, 3.8) is 0 Å². The van der Waals surface area contributed by atoms with Gasteiger partial charge in [-0.3, -0.25) is 9.59 Å². The first-order chi connectivity index (χ1) is 16.6. The molecule has 0 spiro atoms.